The molecule has 1 saturated carbocycles. The van der Waals surface area contributed by atoms with Crippen LogP contribution in [0.5, 0.6) is 5.75 Å². The number of amides is 1. The summed E-state index contributed by atoms with van der Waals surface area (Å²) in [5.74, 6) is -0.309. The highest BCUT2D eigenvalue weighted by atomic mass is 16.5. The molecule has 1 heterocycles. The molecular weight excluding hydrogens is 424 g/mol. The van der Waals surface area contributed by atoms with Crippen molar-refractivity contribution >= 4 is 17.7 Å². The third kappa shape index (κ3) is 7.54. The van der Waals surface area contributed by atoms with Gasteiger partial charge in [-0.2, -0.15) is 0 Å². The summed E-state index contributed by atoms with van der Waals surface area (Å²) < 4.78 is 16.0. The Morgan fingerprint density at radius 3 is 2.39 bits per heavy atom. The number of nitrogens with one attached hydrogen (secondary N) is 1. The summed E-state index contributed by atoms with van der Waals surface area (Å²) in [5.41, 5.74) is 0.483. The number of carbonyl (C=O) groups excluding carboxylic acids is 3. The van der Waals surface area contributed by atoms with Crippen molar-refractivity contribution in [2.45, 2.75) is 57.4 Å². The lowest BCUT2D eigenvalue weighted by atomic mass is 9.79. The van der Waals surface area contributed by atoms with Crippen LogP contribution in [0.15, 0.2) is 24.3 Å². The van der Waals surface area contributed by atoms with E-state index in [2.05, 4.69) is 10.2 Å². The quantitative estimate of drug-likeness (QED) is 0.401. The van der Waals surface area contributed by atoms with Crippen LogP contribution in [0, 0.1) is 0 Å². The van der Waals surface area contributed by atoms with E-state index in [1.807, 2.05) is 6.92 Å². The largest absolute Gasteiger partial charge is 0.494 e. The highest BCUT2D eigenvalue weighted by Gasteiger charge is 2.38. The number of hydrogen-bond acceptors (Lipinski definition) is 7. The standard InChI is InChI=1S/C25H36N2O6/c1-2-32-21-8-6-20(7-9-21)22(28)10-11-24(30)33-18-23(29)26-19-25(12-4-3-5-13-25)27-14-16-31-17-15-27/h6-9H,2-5,10-19H2,1H3,(H,26,29). The SMILES string of the molecule is CCOc1ccc(C(=O)CCC(=O)OCC(=O)NCC2(N3CCOCC3)CCCCC2)cc1. The van der Waals surface area contributed by atoms with Crippen LogP contribution in [-0.4, -0.2) is 74.2 Å². The summed E-state index contributed by atoms with van der Waals surface area (Å²) in [6, 6.07) is 6.83. The van der Waals surface area contributed by atoms with E-state index in [9.17, 15) is 14.4 Å². The summed E-state index contributed by atoms with van der Waals surface area (Å²) >= 11 is 0. The number of esters is 1. The predicted molar refractivity (Wildman–Crippen MR) is 123 cm³/mol. The number of benzene rings is 1. The molecule has 0 spiro atoms. The molecule has 3 rings (SSSR count). The Morgan fingerprint density at radius 1 is 1.03 bits per heavy atom. The van der Waals surface area contributed by atoms with Crippen molar-refractivity contribution in [2.75, 3.05) is 46.1 Å². The molecule has 2 fully saturated rings. The van der Waals surface area contributed by atoms with E-state index in [0.717, 1.165) is 52.0 Å². The van der Waals surface area contributed by atoms with Gasteiger partial charge < -0.3 is 19.5 Å². The molecule has 8 nitrogen and oxygen atoms in total. The Kier molecular flexibility index (Phi) is 9.69. The minimum atomic E-state index is -0.551. The maximum atomic E-state index is 12.3. The lowest BCUT2D eigenvalue weighted by Crippen LogP contribution is -2.59. The molecule has 0 aromatic heterocycles. The minimum Gasteiger partial charge on any atom is -0.494 e. The summed E-state index contributed by atoms with van der Waals surface area (Å²) in [6.45, 7) is 5.89. The lowest BCUT2D eigenvalue weighted by Gasteiger charge is -2.48. The van der Waals surface area contributed by atoms with Crippen molar-refractivity contribution < 1.29 is 28.6 Å². The van der Waals surface area contributed by atoms with E-state index in [0.29, 0.717) is 24.5 Å². The second kappa shape index (κ2) is 12.7. The summed E-state index contributed by atoms with van der Waals surface area (Å²) in [5, 5.41) is 2.97. The first kappa shape index (κ1) is 25.2. The van der Waals surface area contributed by atoms with E-state index in [1.165, 1.54) is 6.42 Å². The maximum absolute atomic E-state index is 12.3. The van der Waals surface area contributed by atoms with Crippen LogP contribution in [-0.2, 0) is 19.1 Å². The topological polar surface area (TPSA) is 94.2 Å². The fourth-order valence-electron chi connectivity index (χ4n) is 4.65. The summed E-state index contributed by atoms with van der Waals surface area (Å²) in [4.78, 5) is 39.1. The first-order chi connectivity index (χ1) is 16.0. The zero-order valence-electron chi connectivity index (χ0n) is 19.6. The fraction of sp³-hybridized carbons (Fsp3) is 0.640. The van der Waals surface area contributed by atoms with Gasteiger partial charge in [0.05, 0.1) is 26.2 Å². The second-order valence-corrected chi connectivity index (χ2v) is 8.70. The smallest absolute Gasteiger partial charge is 0.306 e. The number of Topliss-reactive ketones (excluding diaryl/α,β-unsaturated/α-hetero) is 1. The van der Waals surface area contributed by atoms with Crippen molar-refractivity contribution in [1.29, 1.82) is 0 Å². The van der Waals surface area contributed by atoms with Gasteiger partial charge in [-0.3, -0.25) is 19.3 Å². The van der Waals surface area contributed by atoms with Crippen LogP contribution >= 0.6 is 0 Å². The molecule has 0 atom stereocenters. The molecular formula is C25H36N2O6. The van der Waals surface area contributed by atoms with Crippen LogP contribution < -0.4 is 10.1 Å². The summed E-state index contributed by atoms with van der Waals surface area (Å²) in [7, 11) is 0. The van der Waals surface area contributed by atoms with Gasteiger partial charge in [0.15, 0.2) is 12.4 Å². The molecule has 1 aromatic carbocycles. The number of nitrogens with zero attached hydrogens (tertiary/aromatic N) is 1. The van der Waals surface area contributed by atoms with E-state index >= 15 is 0 Å². The van der Waals surface area contributed by atoms with Gasteiger partial charge in [0, 0.05) is 37.2 Å². The third-order valence-electron chi connectivity index (χ3n) is 6.49. The first-order valence-corrected chi connectivity index (χ1v) is 12.0. The van der Waals surface area contributed by atoms with Crippen molar-refractivity contribution in [1.82, 2.24) is 10.2 Å². The van der Waals surface area contributed by atoms with E-state index in [4.69, 9.17) is 14.2 Å². The molecule has 1 aliphatic heterocycles. The molecule has 1 aliphatic carbocycles. The highest BCUT2D eigenvalue weighted by Crippen LogP contribution is 2.33. The van der Waals surface area contributed by atoms with Gasteiger partial charge in [0.2, 0.25) is 0 Å². The lowest BCUT2D eigenvalue weighted by molar-refractivity contribution is -0.148. The number of rotatable bonds is 11. The predicted octanol–water partition coefficient (Wildman–Crippen LogP) is 2.74. The third-order valence-corrected chi connectivity index (χ3v) is 6.49. The molecule has 1 saturated heterocycles. The Hall–Kier alpha value is -2.45. The molecule has 8 heteroatoms. The first-order valence-electron chi connectivity index (χ1n) is 12.0. The number of carbonyl (C=O) groups is 3. The monoisotopic (exact) mass is 460 g/mol. The van der Waals surface area contributed by atoms with E-state index in [-0.39, 0.29) is 36.7 Å². The van der Waals surface area contributed by atoms with E-state index < -0.39 is 5.97 Å². The van der Waals surface area contributed by atoms with Crippen molar-refractivity contribution in [3.63, 3.8) is 0 Å². The fourth-order valence-corrected chi connectivity index (χ4v) is 4.65. The Morgan fingerprint density at radius 2 is 1.73 bits per heavy atom. The molecule has 0 radical (unpaired) electrons. The van der Waals surface area contributed by atoms with Gasteiger partial charge in [0.1, 0.15) is 5.75 Å². The van der Waals surface area contributed by atoms with Gasteiger partial charge in [-0.1, -0.05) is 19.3 Å². The van der Waals surface area contributed by atoms with Gasteiger partial charge >= 0.3 is 5.97 Å². The van der Waals surface area contributed by atoms with Gasteiger partial charge in [-0.25, -0.2) is 0 Å². The van der Waals surface area contributed by atoms with Crippen LogP contribution in [0.25, 0.3) is 0 Å². The molecule has 0 unspecified atom stereocenters. The van der Waals surface area contributed by atoms with Crippen molar-refractivity contribution in [2.24, 2.45) is 0 Å². The van der Waals surface area contributed by atoms with Crippen LogP contribution in [0.1, 0.15) is 62.2 Å². The van der Waals surface area contributed by atoms with Crippen LogP contribution in [0.3, 0.4) is 0 Å². The normalized spacial score (nSPS) is 18.3. The van der Waals surface area contributed by atoms with Gasteiger partial charge in [-0.05, 0) is 44.0 Å². The maximum Gasteiger partial charge on any atom is 0.306 e. The average molecular weight is 461 g/mol. The molecule has 1 aromatic rings. The molecule has 2 aliphatic rings. The van der Waals surface area contributed by atoms with Crippen LogP contribution in [0.4, 0.5) is 0 Å². The average Bonchev–Trinajstić information content (AvgIpc) is 2.86. The van der Waals surface area contributed by atoms with Crippen LogP contribution in [0.2, 0.25) is 0 Å². The molecule has 1 N–H and O–H groups in total. The zero-order valence-corrected chi connectivity index (χ0v) is 19.6. The number of morpholine rings is 1. The highest BCUT2D eigenvalue weighted by molar-refractivity contribution is 5.97. The number of ether oxygens (including phenoxy) is 3. The molecule has 0 bridgehead atoms. The zero-order chi connectivity index (χ0) is 23.5. The Balaban J connectivity index is 1.38. The Bertz CT molecular complexity index is 783. The number of hydrogen-bond donors (Lipinski definition) is 1. The minimum absolute atomic E-state index is 0.0359. The van der Waals surface area contributed by atoms with Gasteiger partial charge in [-0.15, -0.1) is 0 Å². The molecule has 182 valence electrons. The summed E-state index contributed by atoms with van der Waals surface area (Å²) in [6.07, 6.45) is 5.63. The van der Waals surface area contributed by atoms with Crippen molar-refractivity contribution in [3.05, 3.63) is 29.8 Å². The van der Waals surface area contributed by atoms with Gasteiger partial charge in [0.25, 0.3) is 5.91 Å². The second-order valence-electron chi connectivity index (χ2n) is 8.70. The Labute approximate surface area is 195 Å². The molecule has 33 heavy (non-hydrogen) atoms. The molecule has 1 amide bonds. The van der Waals surface area contributed by atoms with Crippen molar-refractivity contribution in [3.8, 4) is 5.75 Å². The number of ketones is 1. The van der Waals surface area contributed by atoms with E-state index in [1.54, 1.807) is 24.3 Å².